The van der Waals surface area contributed by atoms with Crippen LogP contribution in [0.5, 0.6) is 5.88 Å². The van der Waals surface area contributed by atoms with E-state index in [0.29, 0.717) is 23.5 Å². The van der Waals surface area contributed by atoms with Crippen LogP contribution >= 0.6 is 0 Å². The van der Waals surface area contributed by atoms with Gasteiger partial charge in [-0.05, 0) is 32.4 Å². The molecule has 0 bridgehead atoms. The summed E-state index contributed by atoms with van der Waals surface area (Å²) in [5.41, 5.74) is 6.03. The second kappa shape index (κ2) is 7.99. The molecule has 0 atom stereocenters. The van der Waals surface area contributed by atoms with E-state index >= 15 is 0 Å². The Kier molecular flexibility index (Phi) is 5.23. The molecule has 0 saturated heterocycles. The average molecular weight is 400 g/mol. The van der Waals surface area contributed by atoms with Crippen LogP contribution in [0.2, 0.25) is 0 Å². The number of rotatable bonds is 5. The number of benzene rings is 2. The Bertz CT molecular complexity index is 1230. The van der Waals surface area contributed by atoms with Gasteiger partial charge in [0.2, 0.25) is 5.88 Å². The van der Waals surface area contributed by atoms with Gasteiger partial charge in [0.15, 0.2) is 0 Å². The Morgan fingerprint density at radius 3 is 2.53 bits per heavy atom. The van der Waals surface area contributed by atoms with Gasteiger partial charge in [-0.2, -0.15) is 5.10 Å². The molecule has 0 fully saturated rings. The van der Waals surface area contributed by atoms with Crippen molar-refractivity contribution in [2.75, 3.05) is 12.4 Å². The Morgan fingerprint density at radius 1 is 1.07 bits per heavy atom. The van der Waals surface area contributed by atoms with Gasteiger partial charge in [0.05, 0.1) is 41.8 Å². The standard InChI is InChI=1S/C24H24N4O2/c1-15-9-11-18(12-10-15)14-28-17(3)23(16(2)27-28)26-24(29)20-13-22(30-4)25-21-8-6-5-7-19(20)21/h5-13H,14H2,1-4H3,(H,26,29). The number of carbonyl (C=O) groups excluding carboxylic acids is 1. The predicted molar refractivity (Wildman–Crippen MR) is 118 cm³/mol. The summed E-state index contributed by atoms with van der Waals surface area (Å²) in [6, 6.07) is 17.6. The summed E-state index contributed by atoms with van der Waals surface area (Å²) in [7, 11) is 1.54. The average Bonchev–Trinajstić information content (AvgIpc) is 3.01. The highest BCUT2D eigenvalue weighted by Crippen LogP contribution is 2.25. The number of hydrogen-bond donors (Lipinski definition) is 1. The minimum atomic E-state index is -0.215. The summed E-state index contributed by atoms with van der Waals surface area (Å²) in [5, 5.41) is 8.46. The zero-order chi connectivity index (χ0) is 21.3. The summed E-state index contributed by atoms with van der Waals surface area (Å²) in [6.07, 6.45) is 0. The molecule has 0 radical (unpaired) electrons. The molecule has 6 nitrogen and oxygen atoms in total. The van der Waals surface area contributed by atoms with Crippen LogP contribution in [0.15, 0.2) is 54.6 Å². The molecular formula is C24H24N4O2. The third-order valence-corrected chi connectivity index (χ3v) is 5.22. The van der Waals surface area contributed by atoms with Crippen molar-refractivity contribution in [2.24, 2.45) is 0 Å². The van der Waals surface area contributed by atoms with E-state index < -0.39 is 0 Å². The number of fused-ring (bicyclic) bond motifs is 1. The lowest BCUT2D eigenvalue weighted by molar-refractivity contribution is 0.102. The molecule has 0 saturated carbocycles. The topological polar surface area (TPSA) is 69.0 Å². The van der Waals surface area contributed by atoms with Crippen molar-refractivity contribution in [3.05, 3.63) is 82.7 Å². The minimum absolute atomic E-state index is 0.215. The maximum absolute atomic E-state index is 13.2. The normalized spacial score (nSPS) is 10.9. The highest BCUT2D eigenvalue weighted by atomic mass is 16.5. The van der Waals surface area contributed by atoms with E-state index in [4.69, 9.17) is 4.74 Å². The van der Waals surface area contributed by atoms with E-state index in [9.17, 15) is 4.79 Å². The zero-order valence-electron chi connectivity index (χ0n) is 17.6. The Labute approximate surface area is 175 Å². The van der Waals surface area contributed by atoms with Crippen LogP contribution in [0, 0.1) is 20.8 Å². The molecule has 4 aromatic rings. The lowest BCUT2D eigenvalue weighted by atomic mass is 10.1. The molecule has 1 N–H and O–H groups in total. The SMILES string of the molecule is COc1cc(C(=O)Nc2c(C)nn(Cc3ccc(C)cc3)c2C)c2ccccc2n1. The highest BCUT2D eigenvalue weighted by Gasteiger charge is 2.18. The Hall–Kier alpha value is -3.67. The number of carbonyl (C=O) groups is 1. The lowest BCUT2D eigenvalue weighted by Gasteiger charge is -2.10. The third kappa shape index (κ3) is 3.76. The number of amides is 1. The first-order chi connectivity index (χ1) is 14.5. The van der Waals surface area contributed by atoms with Crippen LogP contribution < -0.4 is 10.1 Å². The van der Waals surface area contributed by atoms with Gasteiger partial charge in [0.1, 0.15) is 0 Å². The predicted octanol–water partition coefficient (Wildman–Crippen LogP) is 4.67. The van der Waals surface area contributed by atoms with Crippen LogP contribution in [0.1, 0.15) is 32.9 Å². The molecule has 2 aromatic carbocycles. The quantitative estimate of drug-likeness (QED) is 0.529. The largest absolute Gasteiger partial charge is 0.481 e. The maximum atomic E-state index is 13.2. The number of anilines is 1. The molecule has 6 heteroatoms. The van der Waals surface area contributed by atoms with Crippen molar-refractivity contribution < 1.29 is 9.53 Å². The van der Waals surface area contributed by atoms with E-state index in [0.717, 1.165) is 28.0 Å². The highest BCUT2D eigenvalue weighted by molar-refractivity contribution is 6.13. The van der Waals surface area contributed by atoms with Gasteiger partial charge in [-0.25, -0.2) is 4.98 Å². The van der Waals surface area contributed by atoms with Gasteiger partial charge in [0.25, 0.3) is 5.91 Å². The number of pyridine rings is 1. The summed E-state index contributed by atoms with van der Waals surface area (Å²) >= 11 is 0. The number of aromatic nitrogens is 3. The van der Waals surface area contributed by atoms with Crippen molar-refractivity contribution >= 4 is 22.5 Å². The number of aryl methyl sites for hydroxylation is 2. The van der Waals surface area contributed by atoms with E-state index in [1.807, 2.05) is 42.8 Å². The Balaban J connectivity index is 1.65. The number of hydrogen-bond acceptors (Lipinski definition) is 4. The zero-order valence-corrected chi connectivity index (χ0v) is 17.6. The molecule has 4 rings (SSSR count). The fourth-order valence-electron chi connectivity index (χ4n) is 3.52. The van der Waals surface area contributed by atoms with Crippen LogP contribution in [0.3, 0.4) is 0 Å². The first kappa shape index (κ1) is 19.6. The number of nitrogens with zero attached hydrogens (tertiary/aromatic N) is 3. The third-order valence-electron chi connectivity index (χ3n) is 5.22. The molecule has 0 aliphatic rings. The summed E-state index contributed by atoms with van der Waals surface area (Å²) < 4.78 is 7.20. The first-order valence-electron chi connectivity index (χ1n) is 9.81. The molecule has 30 heavy (non-hydrogen) atoms. The summed E-state index contributed by atoms with van der Waals surface area (Å²) in [6.45, 7) is 6.59. The molecule has 0 unspecified atom stereocenters. The molecule has 0 aliphatic heterocycles. The minimum Gasteiger partial charge on any atom is -0.481 e. The van der Waals surface area contributed by atoms with E-state index in [2.05, 4.69) is 46.6 Å². The van der Waals surface area contributed by atoms with E-state index in [-0.39, 0.29) is 5.91 Å². The fourth-order valence-corrected chi connectivity index (χ4v) is 3.52. The van der Waals surface area contributed by atoms with Crippen LogP contribution in [0.25, 0.3) is 10.9 Å². The number of ether oxygens (including phenoxy) is 1. The van der Waals surface area contributed by atoms with E-state index in [1.165, 1.54) is 5.56 Å². The van der Waals surface area contributed by atoms with Gasteiger partial charge < -0.3 is 10.1 Å². The molecule has 2 aromatic heterocycles. The second-order valence-electron chi connectivity index (χ2n) is 7.37. The van der Waals surface area contributed by atoms with Gasteiger partial charge in [0, 0.05) is 11.5 Å². The Morgan fingerprint density at radius 2 is 1.80 bits per heavy atom. The van der Waals surface area contributed by atoms with Crippen molar-refractivity contribution in [1.29, 1.82) is 0 Å². The van der Waals surface area contributed by atoms with Crippen molar-refractivity contribution in [3.8, 4) is 5.88 Å². The van der Waals surface area contributed by atoms with Crippen LogP contribution in [-0.2, 0) is 6.54 Å². The van der Waals surface area contributed by atoms with Crippen molar-refractivity contribution in [1.82, 2.24) is 14.8 Å². The van der Waals surface area contributed by atoms with Gasteiger partial charge in [-0.15, -0.1) is 0 Å². The second-order valence-corrected chi connectivity index (χ2v) is 7.37. The maximum Gasteiger partial charge on any atom is 0.256 e. The first-order valence-corrected chi connectivity index (χ1v) is 9.81. The monoisotopic (exact) mass is 400 g/mol. The number of nitrogens with one attached hydrogen (secondary N) is 1. The lowest BCUT2D eigenvalue weighted by Crippen LogP contribution is -2.14. The van der Waals surface area contributed by atoms with Crippen LogP contribution in [0.4, 0.5) is 5.69 Å². The smallest absolute Gasteiger partial charge is 0.256 e. The molecule has 1 amide bonds. The molecular weight excluding hydrogens is 376 g/mol. The molecule has 0 aliphatic carbocycles. The van der Waals surface area contributed by atoms with Crippen molar-refractivity contribution in [3.63, 3.8) is 0 Å². The number of methoxy groups -OCH3 is 1. The fraction of sp³-hybridized carbons (Fsp3) is 0.208. The number of para-hydroxylation sites is 1. The van der Waals surface area contributed by atoms with E-state index in [1.54, 1.807) is 13.2 Å². The molecule has 152 valence electrons. The summed E-state index contributed by atoms with van der Waals surface area (Å²) in [4.78, 5) is 17.6. The van der Waals surface area contributed by atoms with Gasteiger partial charge in [-0.3, -0.25) is 9.48 Å². The summed E-state index contributed by atoms with van der Waals surface area (Å²) in [5.74, 6) is 0.190. The van der Waals surface area contributed by atoms with Crippen molar-refractivity contribution in [2.45, 2.75) is 27.3 Å². The van der Waals surface area contributed by atoms with Gasteiger partial charge in [-0.1, -0.05) is 48.0 Å². The van der Waals surface area contributed by atoms with Gasteiger partial charge >= 0.3 is 0 Å². The molecule has 2 heterocycles. The van der Waals surface area contributed by atoms with Crippen LogP contribution in [-0.4, -0.2) is 27.8 Å². The molecule has 0 spiro atoms.